The molecule has 0 atom stereocenters. The van der Waals surface area contributed by atoms with Gasteiger partial charge in [0.15, 0.2) is 0 Å². The van der Waals surface area contributed by atoms with E-state index in [0.717, 1.165) is 11.1 Å². The Morgan fingerprint density at radius 2 is 1.80 bits per heavy atom. The zero-order valence-corrected chi connectivity index (χ0v) is 11.9. The summed E-state index contributed by atoms with van der Waals surface area (Å²) in [6.07, 6.45) is 1.99. The summed E-state index contributed by atoms with van der Waals surface area (Å²) in [5.41, 5.74) is 1.99. The topological polar surface area (TPSA) is 55.8 Å². The SMILES string of the molecule is C=Cc1ccc(C/C(C(=O)OCC)=C(\O)OCC)cc1. The zero-order chi connectivity index (χ0) is 15.0. The van der Waals surface area contributed by atoms with Crippen LogP contribution in [0.5, 0.6) is 0 Å². The molecule has 0 fully saturated rings. The molecule has 108 valence electrons. The Kier molecular flexibility index (Phi) is 6.37. The van der Waals surface area contributed by atoms with Crippen LogP contribution in [0.2, 0.25) is 0 Å². The first-order valence-corrected chi connectivity index (χ1v) is 6.55. The molecule has 0 spiro atoms. The number of ether oxygens (including phenoxy) is 2. The highest BCUT2D eigenvalue weighted by atomic mass is 16.6. The first kappa shape index (κ1) is 15.8. The van der Waals surface area contributed by atoms with Crippen LogP contribution in [0.15, 0.2) is 42.4 Å². The van der Waals surface area contributed by atoms with Gasteiger partial charge in [-0.05, 0) is 25.0 Å². The third-order valence-electron chi connectivity index (χ3n) is 2.66. The second-order valence-corrected chi connectivity index (χ2v) is 4.06. The summed E-state index contributed by atoms with van der Waals surface area (Å²) in [5, 5.41) is 9.81. The van der Waals surface area contributed by atoms with Gasteiger partial charge in [0.2, 0.25) is 0 Å². The van der Waals surface area contributed by atoms with Crippen molar-refractivity contribution in [1.82, 2.24) is 0 Å². The molecule has 0 aliphatic carbocycles. The summed E-state index contributed by atoms with van der Waals surface area (Å²) in [7, 11) is 0. The minimum Gasteiger partial charge on any atom is -0.481 e. The predicted octanol–water partition coefficient (Wildman–Crippen LogP) is 3.24. The van der Waals surface area contributed by atoms with Crippen LogP contribution in [0.4, 0.5) is 0 Å². The van der Waals surface area contributed by atoms with Crippen LogP contribution in [0.3, 0.4) is 0 Å². The van der Waals surface area contributed by atoms with Crippen molar-refractivity contribution in [2.75, 3.05) is 13.2 Å². The highest BCUT2D eigenvalue weighted by Crippen LogP contribution is 2.15. The molecule has 1 aromatic rings. The second kappa shape index (κ2) is 8.04. The van der Waals surface area contributed by atoms with Crippen LogP contribution < -0.4 is 0 Å². The molecular formula is C16H20O4. The number of esters is 1. The number of carbonyl (C=O) groups is 1. The quantitative estimate of drug-likeness (QED) is 0.472. The lowest BCUT2D eigenvalue weighted by Gasteiger charge is -2.10. The lowest BCUT2D eigenvalue weighted by Crippen LogP contribution is -2.14. The molecule has 1 aromatic carbocycles. The second-order valence-electron chi connectivity index (χ2n) is 4.06. The van der Waals surface area contributed by atoms with Crippen molar-refractivity contribution < 1.29 is 19.4 Å². The van der Waals surface area contributed by atoms with Gasteiger partial charge in [-0.25, -0.2) is 4.79 Å². The van der Waals surface area contributed by atoms with Gasteiger partial charge in [-0.3, -0.25) is 0 Å². The first-order chi connectivity index (χ1) is 9.62. The molecule has 0 saturated heterocycles. The molecule has 0 heterocycles. The molecule has 4 nitrogen and oxygen atoms in total. The normalized spacial score (nSPS) is 11.5. The summed E-state index contributed by atoms with van der Waals surface area (Å²) in [6, 6.07) is 7.52. The highest BCUT2D eigenvalue weighted by Gasteiger charge is 2.18. The average molecular weight is 276 g/mol. The molecule has 1 rings (SSSR count). The van der Waals surface area contributed by atoms with E-state index in [1.165, 1.54) is 0 Å². The van der Waals surface area contributed by atoms with E-state index in [4.69, 9.17) is 9.47 Å². The number of hydrogen-bond donors (Lipinski definition) is 1. The van der Waals surface area contributed by atoms with Crippen LogP contribution in [0.25, 0.3) is 6.08 Å². The summed E-state index contributed by atoms with van der Waals surface area (Å²) >= 11 is 0. The van der Waals surface area contributed by atoms with Crippen molar-refractivity contribution in [3.05, 3.63) is 53.5 Å². The molecule has 0 unspecified atom stereocenters. The van der Waals surface area contributed by atoms with Gasteiger partial charge in [0.25, 0.3) is 5.95 Å². The predicted molar refractivity (Wildman–Crippen MR) is 78.2 cm³/mol. The molecule has 0 aliphatic heterocycles. The van der Waals surface area contributed by atoms with Gasteiger partial charge < -0.3 is 14.6 Å². The number of benzene rings is 1. The van der Waals surface area contributed by atoms with E-state index in [1.54, 1.807) is 19.9 Å². The van der Waals surface area contributed by atoms with Crippen molar-refractivity contribution in [3.8, 4) is 0 Å². The Balaban J connectivity index is 2.96. The van der Waals surface area contributed by atoms with Crippen LogP contribution in [0.1, 0.15) is 25.0 Å². The van der Waals surface area contributed by atoms with Gasteiger partial charge in [-0.15, -0.1) is 0 Å². The standard InChI is InChI=1S/C16H20O4/c1-4-12-7-9-13(10-8-12)11-14(15(17)19-5-2)16(18)20-6-3/h4,7-10,17H,1,5-6,11H2,2-3H3/b15-14-. The van der Waals surface area contributed by atoms with Gasteiger partial charge in [-0.1, -0.05) is 36.9 Å². The Labute approximate surface area is 119 Å². The monoisotopic (exact) mass is 276 g/mol. The van der Waals surface area contributed by atoms with E-state index in [2.05, 4.69) is 6.58 Å². The summed E-state index contributed by atoms with van der Waals surface area (Å²) in [6.45, 7) is 7.66. The molecule has 0 radical (unpaired) electrons. The lowest BCUT2D eigenvalue weighted by molar-refractivity contribution is -0.139. The van der Waals surface area contributed by atoms with Crippen LogP contribution >= 0.6 is 0 Å². The molecule has 1 N–H and O–H groups in total. The molecule has 0 aliphatic rings. The third-order valence-corrected chi connectivity index (χ3v) is 2.66. The molecule has 0 amide bonds. The zero-order valence-electron chi connectivity index (χ0n) is 11.9. The van der Waals surface area contributed by atoms with Gasteiger partial charge in [0.1, 0.15) is 5.57 Å². The maximum atomic E-state index is 11.9. The fraction of sp³-hybridized carbons (Fsp3) is 0.312. The van der Waals surface area contributed by atoms with E-state index in [0.29, 0.717) is 0 Å². The lowest BCUT2D eigenvalue weighted by atomic mass is 10.0. The van der Waals surface area contributed by atoms with Crippen LogP contribution in [-0.4, -0.2) is 24.3 Å². The summed E-state index contributed by atoms with van der Waals surface area (Å²) in [5.74, 6) is -0.940. The van der Waals surface area contributed by atoms with E-state index >= 15 is 0 Å². The number of aliphatic hydroxyl groups is 1. The number of carbonyl (C=O) groups excluding carboxylic acids is 1. The van der Waals surface area contributed by atoms with Crippen LogP contribution in [-0.2, 0) is 20.7 Å². The highest BCUT2D eigenvalue weighted by molar-refractivity contribution is 5.89. The number of rotatable bonds is 7. The molecule has 0 aromatic heterocycles. The first-order valence-electron chi connectivity index (χ1n) is 6.55. The van der Waals surface area contributed by atoms with Gasteiger partial charge in [-0.2, -0.15) is 0 Å². The van der Waals surface area contributed by atoms with Crippen LogP contribution in [0, 0.1) is 0 Å². The number of hydrogen-bond acceptors (Lipinski definition) is 4. The van der Waals surface area contributed by atoms with Crippen molar-refractivity contribution in [3.63, 3.8) is 0 Å². The van der Waals surface area contributed by atoms with Gasteiger partial charge in [0.05, 0.1) is 13.2 Å². The van der Waals surface area contributed by atoms with E-state index < -0.39 is 5.97 Å². The average Bonchev–Trinajstić information content (AvgIpc) is 2.45. The van der Waals surface area contributed by atoms with Crippen molar-refractivity contribution in [2.24, 2.45) is 0 Å². The molecule has 20 heavy (non-hydrogen) atoms. The molecule has 0 bridgehead atoms. The van der Waals surface area contributed by atoms with Gasteiger partial charge in [0, 0.05) is 6.42 Å². The third kappa shape index (κ3) is 4.46. The number of aliphatic hydroxyl groups excluding tert-OH is 1. The van der Waals surface area contributed by atoms with E-state index in [-0.39, 0.29) is 31.2 Å². The Hall–Kier alpha value is -2.23. The maximum absolute atomic E-state index is 11.9. The summed E-state index contributed by atoms with van der Waals surface area (Å²) in [4.78, 5) is 11.9. The minimum absolute atomic E-state index is 0.125. The van der Waals surface area contributed by atoms with E-state index in [1.807, 2.05) is 24.3 Å². The minimum atomic E-state index is -0.564. The Morgan fingerprint density at radius 3 is 2.30 bits per heavy atom. The smallest absolute Gasteiger partial charge is 0.341 e. The van der Waals surface area contributed by atoms with Crippen molar-refractivity contribution >= 4 is 12.0 Å². The van der Waals surface area contributed by atoms with Crippen molar-refractivity contribution in [1.29, 1.82) is 0 Å². The molecule has 4 heteroatoms. The fourth-order valence-electron chi connectivity index (χ4n) is 1.65. The maximum Gasteiger partial charge on any atom is 0.341 e. The summed E-state index contributed by atoms with van der Waals surface area (Å²) < 4.78 is 9.94. The van der Waals surface area contributed by atoms with E-state index in [9.17, 15) is 9.90 Å². The van der Waals surface area contributed by atoms with Crippen molar-refractivity contribution in [2.45, 2.75) is 20.3 Å². The fourth-order valence-corrected chi connectivity index (χ4v) is 1.65. The Bertz CT molecular complexity index is 486. The molecular weight excluding hydrogens is 256 g/mol. The Morgan fingerprint density at radius 1 is 1.20 bits per heavy atom. The van der Waals surface area contributed by atoms with Gasteiger partial charge >= 0.3 is 5.97 Å². The largest absolute Gasteiger partial charge is 0.481 e. The molecule has 0 saturated carbocycles.